The van der Waals surface area contributed by atoms with Crippen LogP contribution in [0.1, 0.15) is 0 Å². The van der Waals surface area contributed by atoms with Crippen molar-refractivity contribution in [2.45, 2.75) is 0 Å². The Morgan fingerprint density at radius 1 is 1.80 bits per heavy atom. The third kappa shape index (κ3) is 32.0. The van der Waals surface area contributed by atoms with Crippen LogP contribution in [0.5, 0.6) is 0 Å². The van der Waals surface area contributed by atoms with Crippen molar-refractivity contribution in [3.63, 3.8) is 0 Å². The Labute approximate surface area is 75.4 Å². The molecule has 0 aliphatic carbocycles. The van der Waals surface area contributed by atoms with E-state index in [-0.39, 0.29) is 48.9 Å². The van der Waals surface area contributed by atoms with E-state index in [0.29, 0.717) is 0 Å². The van der Waals surface area contributed by atoms with Gasteiger partial charge in [0.1, 0.15) is 0 Å². The molecular formula is CH4BaO2S. The van der Waals surface area contributed by atoms with Gasteiger partial charge in [-0.05, 0) is 0 Å². The first kappa shape index (κ1) is 9.63. The molecule has 1 N–H and O–H groups in total. The molecule has 0 aliphatic heterocycles. The number of carbonyl (C=O) groups is 1. The van der Waals surface area contributed by atoms with Crippen LogP contribution in [-0.4, -0.2) is 59.3 Å². The van der Waals surface area contributed by atoms with E-state index in [1.807, 2.05) is 0 Å². The zero-order chi connectivity index (χ0) is 3.58. The van der Waals surface area contributed by atoms with Gasteiger partial charge in [-0.3, -0.25) is 0 Å². The summed E-state index contributed by atoms with van der Waals surface area (Å²) in [6.45, 7) is 0. The third-order valence-electron chi connectivity index (χ3n) is 0. The summed E-state index contributed by atoms with van der Waals surface area (Å²) in [4.78, 5) is 8.86. The molecule has 0 heterocycles. The number of carboxylic acid groups (broad SMARTS) is 1. The van der Waals surface area contributed by atoms with Crippen LogP contribution in [0.2, 0.25) is 0 Å². The van der Waals surface area contributed by atoms with Crippen molar-refractivity contribution in [1.82, 2.24) is 0 Å². The Hall–Kier alpha value is 1.39. The summed E-state index contributed by atoms with van der Waals surface area (Å²) in [7, 11) is 0. The van der Waals surface area contributed by atoms with Gasteiger partial charge in [0.05, 0.1) is 0 Å². The summed E-state index contributed by atoms with van der Waals surface area (Å²) in [5.41, 5.74) is 0. The van der Waals surface area contributed by atoms with E-state index in [1.54, 1.807) is 0 Å². The number of hydrogen-bond donors (Lipinski definition) is 2. The first-order valence-electron chi connectivity index (χ1n) is 0.651. The Balaban J connectivity index is 0. The van der Waals surface area contributed by atoms with Gasteiger partial charge in [0.25, 0.3) is 0 Å². The van der Waals surface area contributed by atoms with E-state index < -0.39 is 5.30 Å². The van der Waals surface area contributed by atoms with E-state index in [1.165, 1.54) is 0 Å². The van der Waals surface area contributed by atoms with E-state index in [0.717, 1.165) is 0 Å². The van der Waals surface area contributed by atoms with Crippen molar-refractivity contribution < 1.29 is 9.90 Å². The second-order valence-corrected chi connectivity index (χ2v) is 0.665. The first-order valence-corrected chi connectivity index (χ1v) is 1.10. The summed E-state index contributed by atoms with van der Waals surface area (Å²) in [6, 6.07) is 0. The number of hydrogen-bond acceptors (Lipinski definition) is 1. The summed E-state index contributed by atoms with van der Waals surface area (Å²) in [6.07, 6.45) is 0. The second kappa shape index (κ2) is 5.39. The topological polar surface area (TPSA) is 37.3 Å². The van der Waals surface area contributed by atoms with Crippen molar-refractivity contribution >= 4 is 66.8 Å². The fourth-order valence-electron chi connectivity index (χ4n) is 0. The molecule has 28 valence electrons. The van der Waals surface area contributed by atoms with Gasteiger partial charge in [0.2, 0.25) is 0 Å². The van der Waals surface area contributed by atoms with Gasteiger partial charge < -0.3 is 5.11 Å². The number of rotatable bonds is 0. The molecule has 0 atom stereocenters. The van der Waals surface area contributed by atoms with Gasteiger partial charge in [-0.15, -0.1) is 0 Å². The molecule has 0 spiro atoms. The van der Waals surface area contributed by atoms with Gasteiger partial charge in [-0.1, -0.05) is 12.6 Å². The van der Waals surface area contributed by atoms with E-state index in [2.05, 4.69) is 12.6 Å². The van der Waals surface area contributed by atoms with Crippen LogP contribution in [0.4, 0.5) is 4.79 Å². The average molecular weight is 217 g/mol. The molecule has 0 aromatic carbocycles. The average Bonchev–Trinajstić information content (AvgIpc) is 0.811. The Bertz CT molecular complexity index is 32.6. The normalized spacial score (nSPS) is 5.00. The Kier molecular flexibility index (Phi) is 10.4. The monoisotopic (exact) mass is 218 g/mol. The molecule has 0 bridgehead atoms. The van der Waals surface area contributed by atoms with Gasteiger partial charge in [-0.25, -0.2) is 4.79 Å². The SMILES string of the molecule is O=C(O)S.[BaH2]. The predicted molar refractivity (Wildman–Crippen MR) is 25.6 cm³/mol. The minimum atomic E-state index is -1.14. The molecule has 0 saturated carbocycles. The first-order chi connectivity index (χ1) is 1.73. The maximum atomic E-state index is 8.86. The van der Waals surface area contributed by atoms with E-state index >= 15 is 0 Å². The van der Waals surface area contributed by atoms with Crippen LogP contribution in [0.3, 0.4) is 0 Å². The molecule has 0 aliphatic rings. The zero-order valence-corrected chi connectivity index (χ0v) is 2.70. The predicted octanol–water partition coefficient (Wildman–Crippen LogP) is -0.322. The van der Waals surface area contributed by atoms with E-state index in [9.17, 15) is 0 Å². The van der Waals surface area contributed by atoms with Gasteiger partial charge >= 0.3 is 54.2 Å². The molecule has 0 unspecified atom stereocenters. The third-order valence-corrected chi connectivity index (χ3v) is 0. The molecule has 0 amide bonds. The van der Waals surface area contributed by atoms with Crippen LogP contribution < -0.4 is 0 Å². The molecule has 0 rings (SSSR count). The van der Waals surface area contributed by atoms with Crippen molar-refractivity contribution in [2.75, 3.05) is 0 Å². The van der Waals surface area contributed by atoms with Crippen molar-refractivity contribution in [3.8, 4) is 0 Å². The minimum absolute atomic E-state index is 0. The Morgan fingerprint density at radius 3 is 1.80 bits per heavy atom. The van der Waals surface area contributed by atoms with Gasteiger partial charge in [-0.2, -0.15) is 0 Å². The zero-order valence-electron chi connectivity index (χ0n) is 1.80. The van der Waals surface area contributed by atoms with Crippen molar-refractivity contribution in [2.24, 2.45) is 0 Å². The van der Waals surface area contributed by atoms with Crippen LogP contribution in [0, 0.1) is 0 Å². The summed E-state index contributed by atoms with van der Waals surface area (Å²) in [5.74, 6) is 0. The fraction of sp³-hybridized carbons (Fsp3) is 0. The van der Waals surface area contributed by atoms with Gasteiger partial charge in [0.15, 0.2) is 0 Å². The molecule has 0 fully saturated rings. The second-order valence-electron chi connectivity index (χ2n) is 0.283. The fourth-order valence-corrected chi connectivity index (χ4v) is 0. The number of thiol groups is 1. The molecule has 0 radical (unpaired) electrons. The van der Waals surface area contributed by atoms with Crippen LogP contribution >= 0.6 is 12.6 Å². The molecule has 5 heavy (non-hydrogen) atoms. The van der Waals surface area contributed by atoms with Crippen LogP contribution in [0.15, 0.2) is 0 Å². The molecule has 2 nitrogen and oxygen atoms in total. The van der Waals surface area contributed by atoms with E-state index in [4.69, 9.17) is 9.90 Å². The maximum absolute atomic E-state index is 8.86. The van der Waals surface area contributed by atoms with Crippen LogP contribution in [-0.2, 0) is 0 Å². The molecular weight excluding hydrogens is 213 g/mol. The van der Waals surface area contributed by atoms with Crippen molar-refractivity contribution in [1.29, 1.82) is 0 Å². The Morgan fingerprint density at radius 2 is 1.80 bits per heavy atom. The summed E-state index contributed by atoms with van der Waals surface area (Å²) < 4.78 is 0. The molecule has 0 aromatic rings. The summed E-state index contributed by atoms with van der Waals surface area (Å²) >= 11 is 2.88. The van der Waals surface area contributed by atoms with Gasteiger partial charge in [0, 0.05) is 0 Å². The standard InChI is InChI=1S/CH2O2S.Ba.2H/c2-1(3)4;;;/h4H,(H,2,3);;;. The quantitative estimate of drug-likeness (QED) is 0.431. The van der Waals surface area contributed by atoms with Crippen LogP contribution in [0.25, 0.3) is 0 Å². The van der Waals surface area contributed by atoms with Crippen molar-refractivity contribution in [3.05, 3.63) is 0 Å². The molecule has 0 aromatic heterocycles. The molecule has 0 saturated heterocycles. The summed E-state index contributed by atoms with van der Waals surface area (Å²) in [5, 5.41) is 6.14. The molecule has 4 heteroatoms.